The van der Waals surface area contributed by atoms with Gasteiger partial charge in [-0.3, -0.25) is 5.10 Å². The summed E-state index contributed by atoms with van der Waals surface area (Å²) in [6, 6.07) is 1.42. The second-order valence-electron chi connectivity index (χ2n) is 3.62. The van der Waals surface area contributed by atoms with Crippen molar-refractivity contribution in [1.82, 2.24) is 14.9 Å². The van der Waals surface area contributed by atoms with Crippen LogP contribution in [0.15, 0.2) is 17.3 Å². The summed E-state index contributed by atoms with van der Waals surface area (Å²) in [4.78, 5) is 0. The van der Waals surface area contributed by atoms with Gasteiger partial charge in [0.1, 0.15) is 0 Å². The lowest BCUT2D eigenvalue weighted by atomic mass is 10.0. The largest absolute Gasteiger partial charge is 0.330 e. The van der Waals surface area contributed by atoms with E-state index in [9.17, 15) is 8.42 Å². The highest BCUT2D eigenvalue weighted by molar-refractivity contribution is 7.89. The summed E-state index contributed by atoms with van der Waals surface area (Å²) in [5.74, 6) is 0.280. The van der Waals surface area contributed by atoms with Gasteiger partial charge in [0, 0.05) is 6.54 Å². The predicted octanol–water partition coefficient (Wildman–Crippen LogP) is 0.0630. The highest BCUT2D eigenvalue weighted by Gasteiger charge is 2.16. The third-order valence-corrected chi connectivity index (χ3v) is 3.83. The van der Waals surface area contributed by atoms with Gasteiger partial charge in [-0.05, 0) is 24.9 Å². The summed E-state index contributed by atoms with van der Waals surface area (Å²) in [5.41, 5.74) is 5.45. The van der Waals surface area contributed by atoms with Gasteiger partial charge >= 0.3 is 0 Å². The molecule has 1 unspecified atom stereocenters. The molecule has 0 saturated heterocycles. The van der Waals surface area contributed by atoms with E-state index in [2.05, 4.69) is 14.9 Å². The van der Waals surface area contributed by atoms with Crippen LogP contribution in [0.3, 0.4) is 0 Å². The van der Waals surface area contributed by atoms with Crippen molar-refractivity contribution in [1.29, 1.82) is 0 Å². The van der Waals surface area contributed by atoms with E-state index in [1.54, 1.807) is 0 Å². The van der Waals surface area contributed by atoms with Gasteiger partial charge in [-0.2, -0.15) is 5.10 Å². The Hall–Kier alpha value is -0.920. The summed E-state index contributed by atoms with van der Waals surface area (Å²) in [5, 5.41) is 6.13. The highest BCUT2D eigenvalue weighted by atomic mass is 32.2. The van der Waals surface area contributed by atoms with Crippen molar-refractivity contribution >= 4 is 10.0 Å². The molecule has 92 valence electrons. The van der Waals surface area contributed by atoms with E-state index in [1.807, 2.05) is 6.92 Å². The minimum Gasteiger partial charge on any atom is -0.330 e. The van der Waals surface area contributed by atoms with Gasteiger partial charge in [0.15, 0.2) is 5.03 Å². The highest BCUT2D eigenvalue weighted by Crippen LogP contribution is 2.08. The molecular weight excluding hydrogens is 228 g/mol. The van der Waals surface area contributed by atoms with Crippen LogP contribution in [0.5, 0.6) is 0 Å². The first kappa shape index (κ1) is 13.1. The Balaban J connectivity index is 2.54. The minimum absolute atomic E-state index is 0.0927. The zero-order valence-electron chi connectivity index (χ0n) is 9.31. The molecule has 16 heavy (non-hydrogen) atoms. The van der Waals surface area contributed by atoms with Gasteiger partial charge in [-0.15, -0.1) is 0 Å². The maximum Gasteiger partial charge on any atom is 0.257 e. The van der Waals surface area contributed by atoms with Crippen LogP contribution in [0, 0.1) is 5.92 Å². The number of H-pyrrole nitrogens is 1. The molecule has 1 rings (SSSR count). The summed E-state index contributed by atoms with van der Waals surface area (Å²) in [6.45, 7) is 3.00. The van der Waals surface area contributed by atoms with Gasteiger partial charge in [-0.25, -0.2) is 13.1 Å². The maximum atomic E-state index is 11.7. The number of aromatic amines is 1. The Labute approximate surface area is 95.7 Å². The quantitative estimate of drug-likeness (QED) is 0.633. The number of aromatic nitrogens is 2. The third-order valence-electron chi connectivity index (χ3n) is 2.48. The molecule has 1 aromatic heterocycles. The van der Waals surface area contributed by atoms with Crippen molar-refractivity contribution in [2.75, 3.05) is 13.1 Å². The standard InChI is InChI=1S/C9H18N4O2S/c1-2-8(3-5-10)7-12-16(14,15)9-4-6-11-13-9/h4,6,8,12H,2-3,5,7,10H2,1H3,(H,11,13). The van der Waals surface area contributed by atoms with E-state index in [0.29, 0.717) is 13.1 Å². The van der Waals surface area contributed by atoms with Crippen LogP contribution in [0.4, 0.5) is 0 Å². The molecule has 0 aromatic carbocycles. The molecule has 0 spiro atoms. The molecule has 1 atom stereocenters. The van der Waals surface area contributed by atoms with Crippen LogP contribution < -0.4 is 10.5 Å². The van der Waals surface area contributed by atoms with Gasteiger partial charge in [0.25, 0.3) is 10.0 Å². The molecule has 0 saturated carbocycles. The van der Waals surface area contributed by atoms with E-state index in [1.165, 1.54) is 12.3 Å². The first-order valence-electron chi connectivity index (χ1n) is 5.29. The van der Waals surface area contributed by atoms with Crippen LogP contribution in [-0.4, -0.2) is 31.7 Å². The Morgan fingerprint density at radius 2 is 2.38 bits per heavy atom. The fourth-order valence-corrected chi connectivity index (χ4v) is 2.41. The second-order valence-corrected chi connectivity index (χ2v) is 5.36. The predicted molar refractivity (Wildman–Crippen MR) is 61.2 cm³/mol. The fourth-order valence-electron chi connectivity index (χ4n) is 1.38. The van der Waals surface area contributed by atoms with E-state index >= 15 is 0 Å². The number of hydrogen-bond acceptors (Lipinski definition) is 4. The van der Waals surface area contributed by atoms with Crippen LogP contribution in [-0.2, 0) is 10.0 Å². The lowest BCUT2D eigenvalue weighted by Gasteiger charge is -2.13. The summed E-state index contributed by atoms with van der Waals surface area (Å²) >= 11 is 0. The SMILES string of the molecule is CCC(CCN)CNS(=O)(=O)c1ccn[nH]1. The molecule has 7 heteroatoms. The zero-order chi connectivity index (χ0) is 12.0. The Bertz CT molecular complexity index is 388. The van der Waals surface area contributed by atoms with Crippen molar-refractivity contribution in [3.63, 3.8) is 0 Å². The van der Waals surface area contributed by atoms with Gasteiger partial charge < -0.3 is 5.73 Å². The van der Waals surface area contributed by atoms with Crippen LogP contribution >= 0.6 is 0 Å². The van der Waals surface area contributed by atoms with Crippen molar-refractivity contribution in [3.8, 4) is 0 Å². The van der Waals surface area contributed by atoms with Crippen molar-refractivity contribution in [2.24, 2.45) is 11.7 Å². The Morgan fingerprint density at radius 3 is 2.88 bits per heavy atom. The van der Waals surface area contributed by atoms with E-state index in [0.717, 1.165) is 12.8 Å². The minimum atomic E-state index is -3.45. The number of nitrogens with one attached hydrogen (secondary N) is 2. The number of hydrogen-bond donors (Lipinski definition) is 3. The van der Waals surface area contributed by atoms with Crippen LogP contribution in [0.2, 0.25) is 0 Å². The lowest BCUT2D eigenvalue weighted by Crippen LogP contribution is -2.30. The van der Waals surface area contributed by atoms with Crippen molar-refractivity contribution in [3.05, 3.63) is 12.3 Å². The Kier molecular flexibility index (Phi) is 4.91. The molecule has 1 aromatic rings. The third kappa shape index (κ3) is 3.58. The molecule has 0 aliphatic rings. The molecular formula is C9H18N4O2S. The number of nitrogens with zero attached hydrogens (tertiary/aromatic N) is 1. The monoisotopic (exact) mass is 246 g/mol. The number of nitrogens with two attached hydrogens (primary N) is 1. The fraction of sp³-hybridized carbons (Fsp3) is 0.667. The molecule has 1 heterocycles. The maximum absolute atomic E-state index is 11.7. The van der Waals surface area contributed by atoms with E-state index < -0.39 is 10.0 Å². The summed E-state index contributed by atoms with van der Waals surface area (Å²) in [6.07, 6.45) is 3.14. The second kappa shape index (κ2) is 5.97. The lowest BCUT2D eigenvalue weighted by molar-refractivity contribution is 0.465. The molecule has 0 amide bonds. The van der Waals surface area contributed by atoms with Crippen molar-refractivity contribution < 1.29 is 8.42 Å². The molecule has 0 aliphatic heterocycles. The molecule has 0 bridgehead atoms. The average Bonchev–Trinajstić information content (AvgIpc) is 2.78. The van der Waals surface area contributed by atoms with Gasteiger partial charge in [0.2, 0.25) is 0 Å². The average molecular weight is 246 g/mol. The van der Waals surface area contributed by atoms with Crippen LogP contribution in [0.25, 0.3) is 0 Å². The first-order valence-corrected chi connectivity index (χ1v) is 6.77. The Morgan fingerprint density at radius 1 is 1.62 bits per heavy atom. The molecule has 4 N–H and O–H groups in total. The number of rotatable bonds is 7. The number of sulfonamides is 1. The molecule has 0 radical (unpaired) electrons. The topological polar surface area (TPSA) is 101 Å². The zero-order valence-corrected chi connectivity index (χ0v) is 10.1. The first-order chi connectivity index (χ1) is 7.60. The van der Waals surface area contributed by atoms with Crippen molar-refractivity contribution in [2.45, 2.75) is 24.8 Å². The summed E-state index contributed by atoms with van der Waals surface area (Å²) < 4.78 is 26.0. The van der Waals surface area contributed by atoms with E-state index in [4.69, 9.17) is 5.73 Å². The van der Waals surface area contributed by atoms with Gasteiger partial charge in [0.05, 0.1) is 6.20 Å². The van der Waals surface area contributed by atoms with Gasteiger partial charge in [-0.1, -0.05) is 13.3 Å². The summed E-state index contributed by atoms with van der Waals surface area (Å²) in [7, 11) is -3.45. The normalized spacial score (nSPS) is 13.9. The van der Waals surface area contributed by atoms with E-state index in [-0.39, 0.29) is 10.9 Å². The van der Waals surface area contributed by atoms with Crippen LogP contribution in [0.1, 0.15) is 19.8 Å². The molecule has 6 nitrogen and oxygen atoms in total. The smallest absolute Gasteiger partial charge is 0.257 e. The molecule has 0 aliphatic carbocycles. The molecule has 0 fully saturated rings.